The molecule has 0 aliphatic heterocycles. The summed E-state index contributed by atoms with van der Waals surface area (Å²) in [6.45, 7) is -1.18. The number of carbonyl (C=O) groups excluding carboxylic acids is 1. The van der Waals surface area contributed by atoms with Gasteiger partial charge in [0.2, 0.25) is 0 Å². The maximum atomic E-state index is 10.8. The first-order valence-corrected chi connectivity index (χ1v) is 5.88. The molecular weight excluding hydrogens is 282 g/mol. The van der Waals surface area contributed by atoms with Gasteiger partial charge in [0.15, 0.2) is 11.5 Å². The summed E-state index contributed by atoms with van der Waals surface area (Å²) in [4.78, 5) is 33.4. The van der Waals surface area contributed by atoms with E-state index in [0.29, 0.717) is 6.29 Å². The standard InChI is InChI=1S/C13H15NO7/c1-21-10-3-8(7-15)2-9(13(10)20)4-14(5-11(16)17)6-12(18)19/h2-3,7,20H,4-6H2,1H3,(H,16,17)(H,18,19). The van der Waals surface area contributed by atoms with Gasteiger partial charge in [-0.2, -0.15) is 0 Å². The average Bonchev–Trinajstić information content (AvgIpc) is 2.39. The van der Waals surface area contributed by atoms with Gasteiger partial charge in [-0.3, -0.25) is 19.3 Å². The van der Waals surface area contributed by atoms with Gasteiger partial charge in [-0.05, 0) is 12.1 Å². The molecule has 1 aromatic carbocycles. The molecule has 1 aromatic rings. The lowest BCUT2D eigenvalue weighted by molar-refractivity contribution is -0.142. The molecule has 0 aliphatic carbocycles. The molecule has 0 unspecified atom stereocenters. The van der Waals surface area contributed by atoms with Crippen molar-refractivity contribution in [2.24, 2.45) is 0 Å². The quantitative estimate of drug-likeness (QED) is 0.581. The number of hydrogen-bond donors (Lipinski definition) is 3. The number of rotatable bonds is 8. The van der Waals surface area contributed by atoms with Crippen molar-refractivity contribution in [3.05, 3.63) is 23.3 Å². The molecule has 114 valence electrons. The summed E-state index contributed by atoms with van der Waals surface area (Å²) in [5.74, 6) is -2.60. The highest BCUT2D eigenvalue weighted by Crippen LogP contribution is 2.31. The Labute approximate surface area is 120 Å². The number of benzene rings is 1. The molecule has 0 radical (unpaired) electrons. The molecule has 21 heavy (non-hydrogen) atoms. The zero-order chi connectivity index (χ0) is 16.0. The number of aldehydes is 1. The lowest BCUT2D eigenvalue weighted by Crippen LogP contribution is -2.34. The van der Waals surface area contributed by atoms with Gasteiger partial charge in [0.05, 0.1) is 20.2 Å². The summed E-state index contributed by atoms with van der Waals surface area (Å²) in [6.07, 6.45) is 0.546. The van der Waals surface area contributed by atoms with Crippen LogP contribution < -0.4 is 4.74 Å². The topological polar surface area (TPSA) is 124 Å². The Morgan fingerprint density at radius 2 is 1.81 bits per heavy atom. The third-order valence-corrected chi connectivity index (χ3v) is 2.64. The van der Waals surface area contributed by atoms with E-state index in [1.807, 2.05) is 0 Å². The van der Waals surface area contributed by atoms with Crippen LogP contribution >= 0.6 is 0 Å². The first-order valence-electron chi connectivity index (χ1n) is 5.88. The van der Waals surface area contributed by atoms with Crippen LogP contribution in [-0.2, 0) is 16.1 Å². The number of aliphatic carboxylic acids is 2. The third-order valence-electron chi connectivity index (χ3n) is 2.64. The Bertz CT molecular complexity index is 540. The molecule has 8 heteroatoms. The molecule has 0 aromatic heterocycles. The zero-order valence-corrected chi connectivity index (χ0v) is 11.3. The highest BCUT2D eigenvalue weighted by molar-refractivity contribution is 5.77. The number of methoxy groups -OCH3 is 1. The summed E-state index contributed by atoms with van der Waals surface area (Å²) in [7, 11) is 1.31. The fourth-order valence-corrected chi connectivity index (χ4v) is 1.82. The van der Waals surface area contributed by atoms with E-state index in [1.165, 1.54) is 19.2 Å². The minimum Gasteiger partial charge on any atom is -0.504 e. The maximum Gasteiger partial charge on any atom is 0.317 e. The fraction of sp³-hybridized carbons (Fsp3) is 0.308. The molecule has 0 fully saturated rings. The second-order valence-corrected chi connectivity index (χ2v) is 4.28. The van der Waals surface area contributed by atoms with Gasteiger partial charge in [0, 0.05) is 17.7 Å². The number of ether oxygens (including phenoxy) is 1. The van der Waals surface area contributed by atoms with E-state index < -0.39 is 25.0 Å². The van der Waals surface area contributed by atoms with Crippen molar-refractivity contribution >= 4 is 18.2 Å². The van der Waals surface area contributed by atoms with Gasteiger partial charge in [-0.25, -0.2) is 0 Å². The normalized spacial score (nSPS) is 10.4. The second kappa shape index (κ2) is 7.25. The predicted molar refractivity (Wildman–Crippen MR) is 70.6 cm³/mol. The van der Waals surface area contributed by atoms with Crippen LogP contribution in [0.4, 0.5) is 0 Å². The van der Waals surface area contributed by atoms with Crippen molar-refractivity contribution in [2.45, 2.75) is 6.54 Å². The van der Waals surface area contributed by atoms with Crippen LogP contribution in [0.3, 0.4) is 0 Å². The monoisotopic (exact) mass is 297 g/mol. The minimum absolute atomic E-state index is 0.0557. The van der Waals surface area contributed by atoms with E-state index in [9.17, 15) is 19.5 Å². The highest BCUT2D eigenvalue weighted by atomic mass is 16.5. The molecule has 0 spiro atoms. The fourth-order valence-electron chi connectivity index (χ4n) is 1.82. The predicted octanol–water partition coefficient (Wildman–Crippen LogP) is 0.184. The van der Waals surface area contributed by atoms with Crippen LogP contribution in [0.15, 0.2) is 12.1 Å². The van der Waals surface area contributed by atoms with Crippen LogP contribution in [0.5, 0.6) is 11.5 Å². The molecule has 0 amide bonds. The lowest BCUT2D eigenvalue weighted by atomic mass is 10.1. The van der Waals surface area contributed by atoms with Gasteiger partial charge >= 0.3 is 11.9 Å². The third kappa shape index (κ3) is 4.77. The summed E-state index contributed by atoms with van der Waals surface area (Å²) in [6, 6.07) is 2.67. The van der Waals surface area contributed by atoms with Crippen LogP contribution in [-0.4, -0.2) is 58.6 Å². The Balaban J connectivity index is 3.09. The number of carbonyl (C=O) groups is 3. The Hall–Kier alpha value is -2.61. The molecule has 3 N–H and O–H groups in total. The molecule has 0 saturated carbocycles. The van der Waals surface area contributed by atoms with Crippen molar-refractivity contribution < 1.29 is 34.4 Å². The van der Waals surface area contributed by atoms with Crippen molar-refractivity contribution in [3.8, 4) is 11.5 Å². The SMILES string of the molecule is COc1cc(C=O)cc(CN(CC(=O)O)CC(=O)O)c1O. The van der Waals surface area contributed by atoms with E-state index in [0.717, 1.165) is 4.90 Å². The van der Waals surface area contributed by atoms with Crippen LogP contribution in [0.1, 0.15) is 15.9 Å². The molecule has 1 rings (SSSR count). The zero-order valence-electron chi connectivity index (χ0n) is 11.3. The van der Waals surface area contributed by atoms with Crippen LogP contribution in [0.25, 0.3) is 0 Å². The second-order valence-electron chi connectivity index (χ2n) is 4.28. The summed E-state index contributed by atoms with van der Waals surface area (Å²) >= 11 is 0. The molecule has 0 heterocycles. The molecule has 8 nitrogen and oxygen atoms in total. The molecule has 0 saturated heterocycles. The Kier molecular flexibility index (Phi) is 5.67. The first kappa shape index (κ1) is 16.4. The minimum atomic E-state index is -1.20. The van der Waals surface area contributed by atoms with Gasteiger partial charge < -0.3 is 20.1 Å². The number of aromatic hydroxyl groups is 1. The Morgan fingerprint density at radius 1 is 1.24 bits per heavy atom. The number of carboxylic acids is 2. The van der Waals surface area contributed by atoms with E-state index in [-0.39, 0.29) is 29.2 Å². The first-order chi connectivity index (χ1) is 9.87. The number of phenolic OH excluding ortho intramolecular Hbond substituents is 1. The molecule has 0 aliphatic rings. The summed E-state index contributed by atoms with van der Waals surface area (Å²) in [5.41, 5.74) is 0.434. The molecule has 0 atom stereocenters. The summed E-state index contributed by atoms with van der Waals surface area (Å²) in [5, 5.41) is 27.5. The lowest BCUT2D eigenvalue weighted by Gasteiger charge is -2.19. The largest absolute Gasteiger partial charge is 0.504 e. The van der Waals surface area contributed by atoms with Gasteiger partial charge in [-0.15, -0.1) is 0 Å². The smallest absolute Gasteiger partial charge is 0.317 e. The number of carboxylic acid groups (broad SMARTS) is 2. The van der Waals surface area contributed by atoms with Crippen LogP contribution in [0, 0.1) is 0 Å². The number of hydrogen-bond acceptors (Lipinski definition) is 6. The van der Waals surface area contributed by atoms with E-state index in [1.54, 1.807) is 0 Å². The van der Waals surface area contributed by atoms with E-state index in [2.05, 4.69) is 0 Å². The average molecular weight is 297 g/mol. The molecule has 0 bridgehead atoms. The summed E-state index contributed by atoms with van der Waals surface area (Å²) < 4.78 is 4.91. The van der Waals surface area contributed by atoms with E-state index >= 15 is 0 Å². The van der Waals surface area contributed by atoms with Crippen molar-refractivity contribution in [1.82, 2.24) is 4.90 Å². The van der Waals surface area contributed by atoms with Crippen molar-refractivity contribution in [1.29, 1.82) is 0 Å². The number of phenols is 1. The van der Waals surface area contributed by atoms with Crippen molar-refractivity contribution in [3.63, 3.8) is 0 Å². The maximum absolute atomic E-state index is 10.8. The Morgan fingerprint density at radius 3 is 2.24 bits per heavy atom. The van der Waals surface area contributed by atoms with Gasteiger partial charge in [-0.1, -0.05) is 0 Å². The van der Waals surface area contributed by atoms with E-state index in [4.69, 9.17) is 14.9 Å². The van der Waals surface area contributed by atoms with Crippen LogP contribution in [0.2, 0.25) is 0 Å². The van der Waals surface area contributed by atoms with Crippen molar-refractivity contribution in [2.75, 3.05) is 20.2 Å². The van der Waals surface area contributed by atoms with Gasteiger partial charge in [0.1, 0.15) is 6.29 Å². The van der Waals surface area contributed by atoms with Gasteiger partial charge in [0.25, 0.3) is 0 Å². The highest BCUT2D eigenvalue weighted by Gasteiger charge is 2.18. The molecular formula is C13H15NO7. The number of nitrogens with zero attached hydrogens (tertiary/aromatic N) is 1.